The van der Waals surface area contributed by atoms with Crippen molar-refractivity contribution in [2.24, 2.45) is 0 Å². The zero-order valence-electron chi connectivity index (χ0n) is 18.8. The van der Waals surface area contributed by atoms with Crippen molar-refractivity contribution in [3.05, 3.63) is 53.9 Å². The van der Waals surface area contributed by atoms with E-state index in [0.717, 1.165) is 44.2 Å². The van der Waals surface area contributed by atoms with Crippen LogP contribution in [-0.4, -0.2) is 52.6 Å². The first-order valence-corrected chi connectivity index (χ1v) is 11.7. The zero-order valence-corrected chi connectivity index (χ0v) is 18.8. The number of benzene rings is 1. The van der Waals surface area contributed by atoms with Gasteiger partial charge in [-0.15, -0.1) is 6.42 Å². The molecular formula is C26H33N3O3. The zero-order chi connectivity index (χ0) is 22.3. The molecule has 6 heteroatoms. The molecule has 1 aromatic heterocycles. The van der Waals surface area contributed by atoms with Gasteiger partial charge in [0.05, 0.1) is 18.8 Å². The van der Waals surface area contributed by atoms with Gasteiger partial charge in [-0.3, -0.25) is 5.10 Å². The van der Waals surface area contributed by atoms with Crippen LogP contribution in [0.2, 0.25) is 0 Å². The highest BCUT2D eigenvalue weighted by atomic mass is 16.6. The van der Waals surface area contributed by atoms with E-state index in [-0.39, 0.29) is 24.2 Å². The minimum Gasteiger partial charge on any atom is -0.433 e. The molecule has 2 fully saturated rings. The molecule has 0 radical (unpaired) electrons. The first-order chi connectivity index (χ1) is 15.7. The molecule has 1 aromatic carbocycles. The Balaban J connectivity index is 1.39. The van der Waals surface area contributed by atoms with Crippen molar-refractivity contribution >= 4 is 6.09 Å². The first-order valence-electron chi connectivity index (χ1n) is 11.7. The van der Waals surface area contributed by atoms with Crippen LogP contribution in [0, 0.1) is 12.3 Å². The lowest BCUT2D eigenvalue weighted by Crippen LogP contribution is -2.51. The van der Waals surface area contributed by atoms with Gasteiger partial charge in [0.2, 0.25) is 0 Å². The van der Waals surface area contributed by atoms with Crippen molar-refractivity contribution in [2.45, 2.75) is 75.5 Å². The molecule has 1 aliphatic carbocycles. The third kappa shape index (κ3) is 5.34. The van der Waals surface area contributed by atoms with Crippen LogP contribution in [0.25, 0.3) is 0 Å². The third-order valence-electron chi connectivity index (χ3n) is 6.90. The number of aromatic nitrogens is 2. The number of carbonyl (C=O) groups excluding carboxylic acids is 1. The molecule has 170 valence electrons. The number of terminal acetylenes is 1. The average Bonchev–Trinajstić information content (AvgIpc) is 3.38. The number of aromatic amines is 1. The Labute approximate surface area is 190 Å². The topological polar surface area (TPSA) is 67.5 Å². The molecule has 4 rings (SSSR count). The summed E-state index contributed by atoms with van der Waals surface area (Å²) in [6.45, 7) is 2.85. The van der Waals surface area contributed by atoms with Crippen molar-refractivity contribution in [1.29, 1.82) is 0 Å². The molecule has 0 spiro atoms. The van der Waals surface area contributed by atoms with Crippen LogP contribution in [0.4, 0.5) is 4.79 Å². The summed E-state index contributed by atoms with van der Waals surface area (Å²) < 4.78 is 11.9. The van der Waals surface area contributed by atoms with E-state index in [1.165, 1.54) is 5.56 Å². The van der Waals surface area contributed by atoms with Crippen LogP contribution in [-0.2, 0) is 9.47 Å². The number of nitrogens with zero attached hydrogens (tertiary/aromatic N) is 2. The summed E-state index contributed by atoms with van der Waals surface area (Å²) in [4.78, 5) is 14.7. The second-order valence-electron chi connectivity index (χ2n) is 8.93. The molecule has 1 saturated carbocycles. The van der Waals surface area contributed by atoms with Gasteiger partial charge in [0.25, 0.3) is 0 Å². The van der Waals surface area contributed by atoms with Gasteiger partial charge in [0, 0.05) is 24.4 Å². The summed E-state index contributed by atoms with van der Waals surface area (Å²) in [5.74, 6) is 3.22. The van der Waals surface area contributed by atoms with Gasteiger partial charge in [0.15, 0.2) is 6.10 Å². The lowest BCUT2D eigenvalue weighted by molar-refractivity contribution is -0.0278. The second kappa shape index (κ2) is 10.7. The van der Waals surface area contributed by atoms with E-state index >= 15 is 0 Å². The second-order valence-corrected chi connectivity index (χ2v) is 8.93. The highest BCUT2D eigenvalue weighted by Crippen LogP contribution is 2.36. The molecule has 1 aliphatic heterocycles. The SMILES string of the molecule is C#C[C@H](C)OC(=O)N1CCC[C@H](c2ccn[nH]2)[C@@H]1COC1CCC(c2ccccc2)CC1. The van der Waals surface area contributed by atoms with Crippen LogP contribution >= 0.6 is 0 Å². The molecule has 0 bridgehead atoms. The predicted molar refractivity (Wildman–Crippen MR) is 123 cm³/mol. The predicted octanol–water partition coefficient (Wildman–Crippen LogP) is 4.86. The Morgan fingerprint density at radius 3 is 2.69 bits per heavy atom. The van der Waals surface area contributed by atoms with Crippen LogP contribution in [0.1, 0.15) is 68.5 Å². The number of nitrogens with one attached hydrogen (secondary N) is 1. The highest BCUT2D eigenvalue weighted by molar-refractivity contribution is 5.69. The Morgan fingerprint density at radius 2 is 2.00 bits per heavy atom. The Hall–Kier alpha value is -2.78. The molecule has 2 aromatic rings. The molecule has 2 heterocycles. The maximum absolute atomic E-state index is 12.9. The lowest BCUT2D eigenvalue weighted by Gasteiger charge is -2.41. The average molecular weight is 436 g/mol. The number of rotatable bonds is 6. The number of carbonyl (C=O) groups is 1. The van der Waals surface area contributed by atoms with Crippen LogP contribution in [0.5, 0.6) is 0 Å². The van der Waals surface area contributed by atoms with Crippen LogP contribution in [0.15, 0.2) is 42.6 Å². The van der Waals surface area contributed by atoms with E-state index in [0.29, 0.717) is 19.1 Å². The van der Waals surface area contributed by atoms with Crippen molar-refractivity contribution in [3.63, 3.8) is 0 Å². The van der Waals surface area contributed by atoms with E-state index in [1.807, 2.05) is 6.07 Å². The van der Waals surface area contributed by atoms with Crippen molar-refractivity contribution in [2.75, 3.05) is 13.2 Å². The van der Waals surface area contributed by atoms with E-state index in [4.69, 9.17) is 15.9 Å². The van der Waals surface area contributed by atoms with Gasteiger partial charge in [0.1, 0.15) is 0 Å². The van der Waals surface area contributed by atoms with Crippen LogP contribution < -0.4 is 0 Å². The monoisotopic (exact) mass is 435 g/mol. The van der Waals surface area contributed by atoms with Gasteiger partial charge in [-0.1, -0.05) is 36.3 Å². The van der Waals surface area contributed by atoms with E-state index in [2.05, 4.69) is 46.4 Å². The Kier molecular flexibility index (Phi) is 7.49. The molecule has 3 atom stereocenters. The highest BCUT2D eigenvalue weighted by Gasteiger charge is 2.38. The number of likely N-dealkylation sites (tertiary alicyclic amines) is 1. The molecular weight excluding hydrogens is 402 g/mol. The fourth-order valence-electron chi connectivity index (χ4n) is 5.10. The fraction of sp³-hybridized carbons (Fsp3) is 0.538. The smallest absolute Gasteiger partial charge is 0.411 e. The molecule has 1 saturated heterocycles. The standard InChI is InChI=1S/C26H33N3O3/c1-3-19(2)32-26(30)29-17-7-10-23(24-15-16-27-28-24)25(29)18-31-22-13-11-21(12-14-22)20-8-5-4-6-9-20/h1,4-6,8-9,15-16,19,21-23,25H,7,10-14,17-18H2,2H3,(H,27,28)/t19-,21?,22?,23+,25-/m0/s1. The number of hydrogen-bond acceptors (Lipinski definition) is 4. The lowest BCUT2D eigenvalue weighted by atomic mass is 9.82. The van der Waals surface area contributed by atoms with Gasteiger partial charge in [-0.05, 0) is 63.0 Å². The quantitative estimate of drug-likeness (QED) is 0.658. The van der Waals surface area contributed by atoms with E-state index < -0.39 is 6.10 Å². The largest absolute Gasteiger partial charge is 0.433 e. The molecule has 0 unspecified atom stereocenters. The molecule has 1 amide bonds. The van der Waals surface area contributed by atoms with Gasteiger partial charge >= 0.3 is 6.09 Å². The van der Waals surface area contributed by atoms with Crippen molar-refractivity contribution in [1.82, 2.24) is 15.1 Å². The fourth-order valence-corrected chi connectivity index (χ4v) is 5.10. The third-order valence-corrected chi connectivity index (χ3v) is 6.90. The minimum absolute atomic E-state index is 0.103. The molecule has 32 heavy (non-hydrogen) atoms. The van der Waals surface area contributed by atoms with E-state index in [9.17, 15) is 4.79 Å². The van der Waals surface area contributed by atoms with Crippen molar-refractivity contribution in [3.8, 4) is 12.3 Å². The number of hydrogen-bond donors (Lipinski definition) is 1. The molecule has 2 aliphatic rings. The number of amides is 1. The summed E-state index contributed by atoms with van der Waals surface area (Å²) in [5.41, 5.74) is 2.46. The summed E-state index contributed by atoms with van der Waals surface area (Å²) in [6.07, 6.45) is 12.7. The maximum Gasteiger partial charge on any atom is 0.411 e. The van der Waals surface area contributed by atoms with Gasteiger partial charge < -0.3 is 14.4 Å². The van der Waals surface area contributed by atoms with Gasteiger partial charge in [-0.2, -0.15) is 5.10 Å². The Bertz CT molecular complexity index is 885. The van der Waals surface area contributed by atoms with Crippen LogP contribution in [0.3, 0.4) is 0 Å². The van der Waals surface area contributed by atoms with E-state index in [1.54, 1.807) is 18.0 Å². The Morgan fingerprint density at radius 1 is 1.22 bits per heavy atom. The normalized spacial score (nSPS) is 26.8. The first kappa shape index (κ1) is 22.4. The maximum atomic E-state index is 12.9. The number of H-pyrrole nitrogens is 1. The molecule has 1 N–H and O–H groups in total. The minimum atomic E-state index is -0.551. The summed E-state index contributed by atoms with van der Waals surface area (Å²) in [5, 5.41) is 7.22. The summed E-state index contributed by atoms with van der Waals surface area (Å²) in [6, 6.07) is 12.6. The van der Waals surface area contributed by atoms with Crippen molar-refractivity contribution < 1.29 is 14.3 Å². The van der Waals surface area contributed by atoms with Gasteiger partial charge in [-0.25, -0.2) is 4.79 Å². The number of piperidine rings is 1. The summed E-state index contributed by atoms with van der Waals surface area (Å²) in [7, 11) is 0. The summed E-state index contributed by atoms with van der Waals surface area (Å²) >= 11 is 0. The molecule has 6 nitrogen and oxygen atoms in total. The number of ether oxygens (including phenoxy) is 2.